The third kappa shape index (κ3) is 4.08. The van der Waals surface area contributed by atoms with Crippen LogP contribution in [0.2, 0.25) is 0 Å². The minimum atomic E-state index is -0.915. The van der Waals surface area contributed by atoms with Crippen LogP contribution in [0.15, 0.2) is 24.3 Å². The van der Waals surface area contributed by atoms with Crippen LogP contribution in [0.5, 0.6) is 0 Å². The predicted molar refractivity (Wildman–Crippen MR) is 76.7 cm³/mol. The lowest BCUT2D eigenvalue weighted by Gasteiger charge is -2.20. The molecule has 1 aromatic rings. The zero-order chi connectivity index (χ0) is 14.4. The largest absolute Gasteiger partial charge is 0.478 e. The Bertz CT molecular complexity index is 461. The SMILES string of the molecule is O=C(O)c1ccc(CCNC(=O)C2CCCCC2)cc1. The number of amides is 1. The third-order valence-corrected chi connectivity index (χ3v) is 3.89. The number of carbonyl (C=O) groups excluding carboxylic acids is 1. The number of hydrogen-bond acceptors (Lipinski definition) is 2. The minimum absolute atomic E-state index is 0.173. The maximum atomic E-state index is 11.9. The molecule has 108 valence electrons. The Morgan fingerprint density at radius 1 is 1.10 bits per heavy atom. The molecule has 0 aromatic heterocycles. The summed E-state index contributed by atoms with van der Waals surface area (Å²) >= 11 is 0. The van der Waals surface area contributed by atoms with E-state index < -0.39 is 5.97 Å². The van der Waals surface area contributed by atoms with Gasteiger partial charge in [0.1, 0.15) is 0 Å². The third-order valence-electron chi connectivity index (χ3n) is 3.89. The molecular weight excluding hydrogens is 254 g/mol. The molecule has 0 atom stereocenters. The lowest BCUT2D eigenvalue weighted by molar-refractivity contribution is -0.125. The molecule has 0 bridgehead atoms. The highest BCUT2D eigenvalue weighted by Crippen LogP contribution is 2.23. The fourth-order valence-electron chi connectivity index (χ4n) is 2.65. The topological polar surface area (TPSA) is 66.4 Å². The summed E-state index contributed by atoms with van der Waals surface area (Å²) in [6.07, 6.45) is 6.33. The molecule has 1 aliphatic rings. The molecule has 0 spiro atoms. The van der Waals surface area contributed by atoms with Gasteiger partial charge in [0.2, 0.25) is 5.91 Å². The highest BCUT2D eigenvalue weighted by molar-refractivity contribution is 5.87. The van der Waals surface area contributed by atoms with Crippen LogP contribution in [0.25, 0.3) is 0 Å². The molecule has 1 saturated carbocycles. The van der Waals surface area contributed by atoms with E-state index in [1.807, 2.05) is 0 Å². The summed E-state index contributed by atoms with van der Waals surface area (Å²) in [5.74, 6) is -0.549. The molecule has 0 aliphatic heterocycles. The molecule has 4 nitrogen and oxygen atoms in total. The van der Waals surface area contributed by atoms with Gasteiger partial charge in [-0.3, -0.25) is 4.79 Å². The molecule has 1 aromatic carbocycles. The van der Waals surface area contributed by atoms with Gasteiger partial charge >= 0.3 is 5.97 Å². The second-order valence-corrected chi connectivity index (χ2v) is 5.38. The van der Waals surface area contributed by atoms with Gasteiger partial charge in [0.15, 0.2) is 0 Å². The highest BCUT2D eigenvalue weighted by atomic mass is 16.4. The van der Waals surface area contributed by atoms with Crippen molar-refractivity contribution in [2.24, 2.45) is 5.92 Å². The van der Waals surface area contributed by atoms with E-state index >= 15 is 0 Å². The van der Waals surface area contributed by atoms with Gasteiger partial charge in [-0.1, -0.05) is 31.4 Å². The quantitative estimate of drug-likeness (QED) is 0.868. The number of aromatic carboxylic acids is 1. The number of nitrogens with one attached hydrogen (secondary N) is 1. The maximum absolute atomic E-state index is 11.9. The van der Waals surface area contributed by atoms with Gasteiger partial charge in [-0.25, -0.2) is 4.79 Å². The first-order chi connectivity index (χ1) is 9.66. The number of carbonyl (C=O) groups is 2. The van der Waals surface area contributed by atoms with Crippen molar-refractivity contribution in [2.75, 3.05) is 6.54 Å². The van der Waals surface area contributed by atoms with Crippen molar-refractivity contribution >= 4 is 11.9 Å². The Hall–Kier alpha value is -1.84. The van der Waals surface area contributed by atoms with Gasteiger partial charge in [-0.2, -0.15) is 0 Å². The standard InChI is InChI=1S/C16H21NO3/c18-15(13-4-2-1-3-5-13)17-11-10-12-6-8-14(9-7-12)16(19)20/h6-9,13H,1-5,10-11H2,(H,17,18)(H,19,20). The normalized spacial score (nSPS) is 15.8. The Morgan fingerprint density at radius 2 is 1.75 bits per heavy atom. The van der Waals surface area contributed by atoms with Crippen LogP contribution in [0.4, 0.5) is 0 Å². The minimum Gasteiger partial charge on any atom is -0.478 e. The molecule has 1 aliphatic carbocycles. The zero-order valence-corrected chi connectivity index (χ0v) is 11.6. The maximum Gasteiger partial charge on any atom is 0.335 e. The van der Waals surface area contributed by atoms with Gasteiger partial charge in [-0.05, 0) is 37.0 Å². The monoisotopic (exact) mass is 275 g/mol. The van der Waals surface area contributed by atoms with Gasteiger partial charge in [0, 0.05) is 12.5 Å². The van der Waals surface area contributed by atoms with E-state index in [0.717, 1.165) is 37.7 Å². The Kier molecular flexibility index (Phi) is 5.16. The van der Waals surface area contributed by atoms with E-state index in [4.69, 9.17) is 5.11 Å². The van der Waals surface area contributed by atoms with Gasteiger partial charge in [-0.15, -0.1) is 0 Å². The molecule has 0 radical (unpaired) electrons. The van der Waals surface area contributed by atoms with E-state index in [2.05, 4.69) is 5.32 Å². The van der Waals surface area contributed by atoms with E-state index in [9.17, 15) is 9.59 Å². The number of benzene rings is 1. The second-order valence-electron chi connectivity index (χ2n) is 5.38. The van der Waals surface area contributed by atoms with Crippen molar-refractivity contribution in [3.8, 4) is 0 Å². The highest BCUT2D eigenvalue weighted by Gasteiger charge is 2.20. The summed E-state index contributed by atoms with van der Waals surface area (Å²) in [6.45, 7) is 0.613. The zero-order valence-electron chi connectivity index (χ0n) is 11.6. The molecule has 0 heterocycles. The number of rotatable bonds is 5. The predicted octanol–water partition coefficient (Wildman–Crippen LogP) is 2.62. The molecule has 2 N–H and O–H groups in total. The van der Waals surface area contributed by atoms with Gasteiger partial charge < -0.3 is 10.4 Å². The molecule has 4 heteroatoms. The summed E-state index contributed by atoms with van der Waals surface area (Å²) in [5, 5.41) is 11.8. The summed E-state index contributed by atoms with van der Waals surface area (Å²) in [5.41, 5.74) is 1.33. The smallest absolute Gasteiger partial charge is 0.335 e. The number of carboxylic acids is 1. The Balaban J connectivity index is 1.74. The van der Waals surface area contributed by atoms with Crippen LogP contribution in [-0.2, 0) is 11.2 Å². The van der Waals surface area contributed by atoms with E-state index in [-0.39, 0.29) is 11.8 Å². The first-order valence-electron chi connectivity index (χ1n) is 7.27. The first kappa shape index (κ1) is 14.6. The molecular formula is C16H21NO3. The molecule has 1 fully saturated rings. The van der Waals surface area contributed by atoms with Crippen LogP contribution >= 0.6 is 0 Å². The van der Waals surface area contributed by atoms with E-state index in [1.54, 1.807) is 24.3 Å². The summed E-state index contributed by atoms with van der Waals surface area (Å²) in [4.78, 5) is 22.7. The van der Waals surface area contributed by atoms with Gasteiger partial charge in [0.05, 0.1) is 5.56 Å². The summed E-state index contributed by atoms with van der Waals surface area (Å²) < 4.78 is 0. The molecule has 0 saturated heterocycles. The Morgan fingerprint density at radius 3 is 2.35 bits per heavy atom. The lowest BCUT2D eigenvalue weighted by Crippen LogP contribution is -2.33. The van der Waals surface area contributed by atoms with Crippen LogP contribution < -0.4 is 5.32 Å². The van der Waals surface area contributed by atoms with Crippen molar-refractivity contribution < 1.29 is 14.7 Å². The van der Waals surface area contributed by atoms with Crippen LogP contribution in [0.3, 0.4) is 0 Å². The average Bonchev–Trinajstić information content (AvgIpc) is 2.48. The van der Waals surface area contributed by atoms with Crippen molar-refractivity contribution in [3.63, 3.8) is 0 Å². The van der Waals surface area contributed by atoms with E-state index in [0.29, 0.717) is 12.1 Å². The van der Waals surface area contributed by atoms with Crippen molar-refractivity contribution in [3.05, 3.63) is 35.4 Å². The average molecular weight is 275 g/mol. The van der Waals surface area contributed by atoms with Crippen molar-refractivity contribution in [1.82, 2.24) is 5.32 Å². The number of carboxylic acid groups (broad SMARTS) is 1. The first-order valence-corrected chi connectivity index (χ1v) is 7.27. The summed E-state index contributed by atoms with van der Waals surface area (Å²) in [6, 6.07) is 6.80. The van der Waals surface area contributed by atoms with E-state index in [1.165, 1.54) is 6.42 Å². The Labute approximate surface area is 119 Å². The lowest BCUT2D eigenvalue weighted by atomic mass is 9.88. The second kappa shape index (κ2) is 7.08. The van der Waals surface area contributed by atoms with Crippen LogP contribution in [-0.4, -0.2) is 23.5 Å². The van der Waals surface area contributed by atoms with Gasteiger partial charge in [0.25, 0.3) is 0 Å². The number of hydrogen-bond donors (Lipinski definition) is 2. The molecule has 1 amide bonds. The van der Waals surface area contributed by atoms with Crippen molar-refractivity contribution in [2.45, 2.75) is 38.5 Å². The molecule has 2 rings (SSSR count). The van der Waals surface area contributed by atoms with Crippen LogP contribution in [0.1, 0.15) is 48.0 Å². The van der Waals surface area contributed by atoms with Crippen LogP contribution in [0, 0.1) is 5.92 Å². The van der Waals surface area contributed by atoms with Crippen molar-refractivity contribution in [1.29, 1.82) is 0 Å². The molecule has 20 heavy (non-hydrogen) atoms. The summed E-state index contributed by atoms with van der Waals surface area (Å²) in [7, 11) is 0. The molecule has 0 unspecified atom stereocenters. The fraction of sp³-hybridized carbons (Fsp3) is 0.500. The fourth-order valence-corrected chi connectivity index (χ4v) is 2.65.